The predicted molar refractivity (Wildman–Crippen MR) is 102 cm³/mol. The van der Waals surface area contributed by atoms with E-state index in [0.29, 0.717) is 12.5 Å². The molecule has 3 fully saturated rings. The highest BCUT2D eigenvalue weighted by Gasteiger charge is 2.52. The van der Waals surface area contributed by atoms with Crippen molar-refractivity contribution in [3.8, 4) is 0 Å². The molecule has 4 rings (SSSR count). The number of likely N-dealkylation sites (tertiary alicyclic amines) is 1. The summed E-state index contributed by atoms with van der Waals surface area (Å²) in [5.74, 6) is 0.461. The van der Waals surface area contributed by atoms with Crippen molar-refractivity contribution in [2.24, 2.45) is 5.92 Å². The Bertz CT molecular complexity index is 722. The fourth-order valence-electron chi connectivity index (χ4n) is 4.37. The SMILES string of the molecule is CCc1ccc(CN2CC3(C2)OCC[C@H]3CCNS(=O)(=O)C2CC2)cc1. The van der Waals surface area contributed by atoms with E-state index in [1.54, 1.807) is 0 Å². The van der Waals surface area contributed by atoms with Crippen molar-refractivity contribution in [3.05, 3.63) is 35.4 Å². The molecular formula is C20H30N2O3S. The average Bonchev–Trinajstić information content (AvgIpc) is 3.38. The van der Waals surface area contributed by atoms with Crippen molar-refractivity contribution < 1.29 is 13.2 Å². The number of hydrogen-bond acceptors (Lipinski definition) is 4. The van der Waals surface area contributed by atoms with E-state index in [2.05, 4.69) is 40.8 Å². The van der Waals surface area contributed by atoms with E-state index in [-0.39, 0.29) is 10.9 Å². The Hall–Kier alpha value is -0.950. The van der Waals surface area contributed by atoms with E-state index in [1.165, 1.54) is 11.1 Å². The van der Waals surface area contributed by atoms with Gasteiger partial charge in [0.1, 0.15) is 0 Å². The first-order chi connectivity index (χ1) is 12.5. The van der Waals surface area contributed by atoms with Crippen molar-refractivity contribution in [2.45, 2.75) is 56.4 Å². The fraction of sp³-hybridized carbons (Fsp3) is 0.700. The normalized spacial score (nSPS) is 25.5. The van der Waals surface area contributed by atoms with Crippen LogP contribution in [0.4, 0.5) is 0 Å². The Morgan fingerprint density at radius 2 is 1.85 bits per heavy atom. The fourth-order valence-corrected chi connectivity index (χ4v) is 5.77. The first-order valence-electron chi connectivity index (χ1n) is 9.93. The van der Waals surface area contributed by atoms with Gasteiger partial charge in [-0.15, -0.1) is 0 Å². The van der Waals surface area contributed by atoms with Crippen LogP contribution in [0.15, 0.2) is 24.3 Å². The molecule has 1 N–H and O–H groups in total. The molecule has 1 spiro atoms. The van der Waals surface area contributed by atoms with Gasteiger partial charge in [0.05, 0.1) is 10.9 Å². The second-order valence-corrected chi connectivity index (χ2v) is 10.2. The number of ether oxygens (including phenoxy) is 1. The first kappa shape index (κ1) is 18.4. The van der Waals surface area contributed by atoms with Crippen LogP contribution in [-0.2, 0) is 27.7 Å². The van der Waals surface area contributed by atoms with Crippen molar-refractivity contribution >= 4 is 10.0 Å². The summed E-state index contributed by atoms with van der Waals surface area (Å²) in [6.45, 7) is 6.42. The molecule has 0 unspecified atom stereocenters. The van der Waals surface area contributed by atoms with Crippen molar-refractivity contribution in [2.75, 3.05) is 26.2 Å². The molecule has 1 aliphatic carbocycles. The third-order valence-electron chi connectivity index (χ3n) is 6.18. The predicted octanol–water partition coefficient (Wildman–Crippen LogP) is 2.31. The number of rotatable bonds is 8. The van der Waals surface area contributed by atoms with Crippen LogP contribution < -0.4 is 4.72 Å². The highest BCUT2D eigenvalue weighted by Crippen LogP contribution is 2.42. The van der Waals surface area contributed by atoms with Gasteiger partial charge in [0.15, 0.2) is 0 Å². The largest absolute Gasteiger partial charge is 0.372 e. The van der Waals surface area contributed by atoms with Crippen LogP contribution in [0.1, 0.15) is 43.7 Å². The molecule has 6 heteroatoms. The maximum absolute atomic E-state index is 12.0. The molecular weight excluding hydrogens is 348 g/mol. The van der Waals surface area contributed by atoms with E-state index < -0.39 is 10.0 Å². The van der Waals surface area contributed by atoms with Gasteiger partial charge in [-0.1, -0.05) is 31.2 Å². The summed E-state index contributed by atoms with van der Waals surface area (Å²) in [6, 6.07) is 8.88. The summed E-state index contributed by atoms with van der Waals surface area (Å²) in [5, 5.41) is -0.130. The van der Waals surface area contributed by atoms with Gasteiger partial charge in [-0.25, -0.2) is 13.1 Å². The number of benzene rings is 1. The smallest absolute Gasteiger partial charge is 0.214 e. The van der Waals surface area contributed by atoms with E-state index in [0.717, 1.165) is 58.3 Å². The van der Waals surface area contributed by atoms with E-state index in [9.17, 15) is 8.42 Å². The van der Waals surface area contributed by atoms with Crippen LogP contribution in [0, 0.1) is 5.92 Å². The van der Waals surface area contributed by atoms with Crippen LogP contribution in [0.2, 0.25) is 0 Å². The Morgan fingerprint density at radius 1 is 1.15 bits per heavy atom. The lowest BCUT2D eigenvalue weighted by Crippen LogP contribution is -2.64. The van der Waals surface area contributed by atoms with Gasteiger partial charge in [0.2, 0.25) is 10.0 Å². The van der Waals surface area contributed by atoms with Crippen molar-refractivity contribution in [1.82, 2.24) is 9.62 Å². The van der Waals surface area contributed by atoms with E-state index in [1.807, 2.05) is 0 Å². The summed E-state index contributed by atoms with van der Waals surface area (Å²) >= 11 is 0. The van der Waals surface area contributed by atoms with Gasteiger partial charge in [0.25, 0.3) is 0 Å². The number of aryl methyl sites for hydroxylation is 1. The van der Waals surface area contributed by atoms with Crippen LogP contribution >= 0.6 is 0 Å². The summed E-state index contributed by atoms with van der Waals surface area (Å²) < 4.78 is 32.8. The minimum Gasteiger partial charge on any atom is -0.372 e. The molecule has 0 radical (unpaired) electrons. The standard InChI is InChI=1S/C20H30N2O3S/c1-2-16-3-5-17(6-4-16)13-22-14-20(15-22)18(10-12-25-20)9-11-21-26(23,24)19-7-8-19/h3-6,18-19,21H,2,7-15H2,1H3/t18-/m1/s1. The summed E-state index contributed by atoms with van der Waals surface area (Å²) in [7, 11) is -3.06. The zero-order valence-corrected chi connectivity index (χ0v) is 16.4. The molecule has 2 aliphatic heterocycles. The lowest BCUT2D eigenvalue weighted by atomic mass is 9.79. The Labute approximate surface area is 157 Å². The summed E-state index contributed by atoms with van der Waals surface area (Å²) in [4.78, 5) is 2.44. The molecule has 0 amide bonds. The monoisotopic (exact) mass is 378 g/mol. The summed E-state index contributed by atoms with van der Waals surface area (Å²) in [5.41, 5.74) is 2.68. The minimum absolute atomic E-state index is 0.0472. The molecule has 1 saturated carbocycles. The molecule has 3 aliphatic rings. The highest BCUT2D eigenvalue weighted by molar-refractivity contribution is 7.90. The maximum Gasteiger partial charge on any atom is 0.214 e. The maximum atomic E-state index is 12.0. The van der Waals surface area contributed by atoms with E-state index >= 15 is 0 Å². The topological polar surface area (TPSA) is 58.6 Å². The van der Waals surface area contributed by atoms with Gasteiger partial charge in [0, 0.05) is 32.8 Å². The van der Waals surface area contributed by atoms with Crippen LogP contribution in [0.3, 0.4) is 0 Å². The molecule has 0 bridgehead atoms. The van der Waals surface area contributed by atoms with Gasteiger partial charge in [-0.05, 0) is 49.1 Å². The third kappa shape index (κ3) is 3.84. The third-order valence-corrected chi connectivity index (χ3v) is 8.13. The van der Waals surface area contributed by atoms with Crippen molar-refractivity contribution in [1.29, 1.82) is 0 Å². The number of hydrogen-bond donors (Lipinski definition) is 1. The number of nitrogens with one attached hydrogen (secondary N) is 1. The average molecular weight is 379 g/mol. The first-order valence-corrected chi connectivity index (χ1v) is 11.5. The quantitative estimate of drug-likeness (QED) is 0.754. The molecule has 1 aromatic rings. The van der Waals surface area contributed by atoms with Gasteiger partial charge in [-0.3, -0.25) is 4.90 Å². The van der Waals surface area contributed by atoms with Crippen LogP contribution in [-0.4, -0.2) is 50.4 Å². The highest BCUT2D eigenvalue weighted by atomic mass is 32.2. The van der Waals surface area contributed by atoms with Crippen LogP contribution in [0.5, 0.6) is 0 Å². The molecule has 1 atom stereocenters. The molecule has 2 saturated heterocycles. The zero-order chi connectivity index (χ0) is 18.2. The Balaban J connectivity index is 1.26. The second-order valence-electron chi connectivity index (χ2n) is 8.14. The van der Waals surface area contributed by atoms with Crippen LogP contribution in [0.25, 0.3) is 0 Å². The summed E-state index contributed by atoms with van der Waals surface area (Å²) in [6.07, 6.45) is 4.64. The Morgan fingerprint density at radius 3 is 2.50 bits per heavy atom. The lowest BCUT2D eigenvalue weighted by Gasteiger charge is -2.50. The van der Waals surface area contributed by atoms with Crippen molar-refractivity contribution in [3.63, 3.8) is 0 Å². The molecule has 26 heavy (non-hydrogen) atoms. The van der Waals surface area contributed by atoms with Gasteiger partial charge < -0.3 is 4.74 Å². The van der Waals surface area contributed by atoms with Gasteiger partial charge >= 0.3 is 0 Å². The lowest BCUT2D eigenvalue weighted by molar-refractivity contribution is -0.136. The molecule has 1 aromatic carbocycles. The van der Waals surface area contributed by atoms with E-state index in [4.69, 9.17) is 4.74 Å². The zero-order valence-electron chi connectivity index (χ0n) is 15.6. The molecule has 144 valence electrons. The molecule has 5 nitrogen and oxygen atoms in total. The molecule has 0 aromatic heterocycles. The molecule has 2 heterocycles. The number of sulfonamides is 1. The minimum atomic E-state index is -3.06. The second kappa shape index (κ2) is 7.23. The Kier molecular flexibility index (Phi) is 5.12. The van der Waals surface area contributed by atoms with Gasteiger partial charge in [-0.2, -0.15) is 0 Å². The number of nitrogens with zero attached hydrogens (tertiary/aromatic N) is 1.